The molecule has 0 saturated carbocycles. The number of hydrogen-bond donors (Lipinski definition) is 0. The number of aromatic nitrogens is 1. The van der Waals surface area contributed by atoms with E-state index in [2.05, 4.69) is 20.9 Å². The molecule has 2 rings (SSSR count). The molecule has 1 heterocycles. The Balaban J connectivity index is 2.39. The lowest BCUT2D eigenvalue weighted by Crippen LogP contribution is -2.05. The minimum Gasteiger partial charge on any atom is -0.503 e. The highest BCUT2D eigenvalue weighted by Crippen LogP contribution is 2.33. The number of pyridine rings is 1. The van der Waals surface area contributed by atoms with E-state index in [0.717, 1.165) is 20.0 Å². The molecule has 0 amide bonds. The van der Waals surface area contributed by atoms with Crippen molar-refractivity contribution in [2.24, 2.45) is 0 Å². The number of ether oxygens (including phenoxy) is 2. The van der Waals surface area contributed by atoms with Crippen molar-refractivity contribution in [1.29, 1.82) is 0 Å². The van der Waals surface area contributed by atoms with Crippen molar-refractivity contribution in [3.8, 4) is 0 Å². The number of halogens is 1. The zero-order valence-electron chi connectivity index (χ0n) is 12.1. The van der Waals surface area contributed by atoms with Crippen LogP contribution in [0, 0.1) is 0 Å². The Kier molecular flexibility index (Phi) is 6.03. The third-order valence-electron chi connectivity index (χ3n) is 2.73. The van der Waals surface area contributed by atoms with Gasteiger partial charge in [-0.15, -0.1) is 0 Å². The summed E-state index contributed by atoms with van der Waals surface area (Å²) in [5.41, 5.74) is 1.11. The van der Waals surface area contributed by atoms with Crippen molar-refractivity contribution in [3.63, 3.8) is 0 Å². The standard InChI is InChI=1S/C16H14BrNO3S/c1-20-10-13(16(19)21-2)12-5-3-4-6-14(12)22-15-8-7-11(17)9-18-15/h3-10H,1-2H3. The number of hydrogen-bond acceptors (Lipinski definition) is 5. The van der Waals surface area contributed by atoms with E-state index in [9.17, 15) is 4.79 Å². The molecule has 2 aromatic rings. The van der Waals surface area contributed by atoms with E-state index in [1.165, 1.54) is 32.2 Å². The van der Waals surface area contributed by atoms with Crippen molar-refractivity contribution in [2.75, 3.05) is 14.2 Å². The Bertz CT molecular complexity index is 686. The van der Waals surface area contributed by atoms with Crippen molar-refractivity contribution < 1.29 is 14.3 Å². The van der Waals surface area contributed by atoms with E-state index < -0.39 is 5.97 Å². The molecule has 1 aromatic heterocycles. The molecule has 22 heavy (non-hydrogen) atoms. The summed E-state index contributed by atoms with van der Waals surface area (Å²) in [4.78, 5) is 17.2. The smallest absolute Gasteiger partial charge is 0.341 e. The fraction of sp³-hybridized carbons (Fsp3) is 0.125. The second-order valence-electron chi connectivity index (χ2n) is 4.17. The van der Waals surface area contributed by atoms with E-state index in [1.54, 1.807) is 6.20 Å². The zero-order chi connectivity index (χ0) is 15.9. The third kappa shape index (κ3) is 4.11. The topological polar surface area (TPSA) is 48.4 Å². The molecule has 1 aromatic carbocycles. The van der Waals surface area contributed by atoms with Crippen LogP contribution in [0.2, 0.25) is 0 Å². The number of esters is 1. The molecule has 0 radical (unpaired) electrons. The summed E-state index contributed by atoms with van der Waals surface area (Å²) < 4.78 is 10.7. The van der Waals surface area contributed by atoms with Gasteiger partial charge in [0.05, 0.1) is 20.5 Å². The Morgan fingerprint density at radius 2 is 2.00 bits per heavy atom. The van der Waals surface area contributed by atoms with Gasteiger partial charge in [0.25, 0.3) is 0 Å². The second kappa shape index (κ2) is 8.00. The van der Waals surface area contributed by atoms with Crippen LogP contribution in [-0.2, 0) is 14.3 Å². The second-order valence-corrected chi connectivity index (χ2v) is 6.15. The molecule has 0 fully saturated rings. The quantitative estimate of drug-likeness (QED) is 0.443. The van der Waals surface area contributed by atoms with Crippen LogP contribution in [0.1, 0.15) is 5.56 Å². The molecule has 0 N–H and O–H groups in total. The van der Waals surface area contributed by atoms with Crippen molar-refractivity contribution in [3.05, 3.63) is 58.9 Å². The summed E-state index contributed by atoms with van der Waals surface area (Å²) in [6, 6.07) is 11.4. The van der Waals surface area contributed by atoms with Crippen LogP contribution in [0.4, 0.5) is 0 Å². The summed E-state index contributed by atoms with van der Waals surface area (Å²) in [5, 5.41) is 0.831. The normalized spacial score (nSPS) is 11.1. The Hall–Kier alpha value is -1.79. The van der Waals surface area contributed by atoms with Crippen LogP contribution >= 0.6 is 27.7 Å². The molecule has 0 aliphatic rings. The van der Waals surface area contributed by atoms with Gasteiger partial charge in [-0.1, -0.05) is 30.0 Å². The van der Waals surface area contributed by atoms with E-state index in [4.69, 9.17) is 9.47 Å². The molecule has 0 bridgehead atoms. The minimum absolute atomic E-state index is 0.366. The van der Waals surface area contributed by atoms with Gasteiger partial charge in [-0.05, 0) is 34.1 Å². The maximum absolute atomic E-state index is 12.0. The molecule has 4 nitrogen and oxygen atoms in total. The average molecular weight is 380 g/mol. The number of nitrogens with zero attached hydrogens (tertiary/aromatic N) is 1. The van der Waals surface area contributed by atoms with Crippen LogP contribution in [0.15, 0.2) is 63.3 Å². The first kappa shape index (κ1) is 16.6. The van der Waals surface area contributed by atoms with Gasteiger partial charge in [0.15, 0.2) is 0 Å². The summed E-state index contributed by atoms with van der Waals surface area (Å²) in [6.45, 7) is 0. The molecular formula is C16H14BrNO3S. The minimum atomic E-state index is -0.446. The number of benzene rings is 1. The molecule has 0 aliphatic heterocycles. The van der Waals surface area contributed by atoms with Gasteiger partial charge in [-0.3, -0.25) is 0 Å². The molecule has 0 atom stereocenters. The molecule has 0 saturated heterocycles. The predicted octanol–water partition coefficient (Wildman–Crippen LogP) is 4.16. The highest BCUT2D eigenvalue weighted by atomic mass is 79.9. The predicted molar refractivity (Wildman–Crippen MR) is 89.5 cm³/mol. The molecule has 6 heteroatoms. The summed E-state index contributed by atoms with van der Waals surface area (Å²) in [5.74, 6) is -0.446. The largest absolute Gasteiger partial charge is 0.503 e. The highest BCUT2D eigenvalue weighted by Gasteiger charge is 2.17. The number of carbonyl (C=O) groups excluding carboxylic acids is 1. The highest BCUT2D eigenvalue weighted by molar-refractivity contribution is 9.10. The first-order chi connectivity index (χ1) is 10.7. The van der Waals surface area contributed by atoms with E-state index >= 15 is 0 Å². The monoisotopic (exact) mass is 379 g/mol. The van der Waals surface area contributed by atoms with Crippen LogP contribution < -0.4 is 0 Å². The summed E-state index contributed by atoms with van der Waals surface area (Å²) in [6.07, 6.45) is 3.12. The Labute approximate surface area is 141 Å². The first-order valence-corrected chi connectivity index (χ1v) is 7.96. The van der Waals surface area contributed by atoms with Gasteiger partial charge < -0.3 is 9.47 Å². The summed E-state index contributed by atoms with van der Waals surface area (Å²) in [7, 11) is 2.84. The number of carbonyl (C=O) groups is 1. The van der Waals surface area contributed by atoms with E-state index in [1.807, 2.05) is 36.4 Å². The lowest BCUT2D eigenvalue weighted by atomic mass is 10.1. The molecular weight excluding hydrogens is 366 g/mol. The van der Waals surface area contributed by atoms with E-state index in [0.29, 0.717) is 5.57 Å². The average Bonchev–Trinajstić information content (AvgIpc) is 2.55. The van der Waals surface area contributed by atoms with Gasteiger partial charge in [0.1, 0.15) is 10.6 Å². The zero-order valence-corrected chi connectivity index (χ0v) is 14.5. The fourth-order valence-electron chi connectivity index (χ4n) is 1.76. The maximum Gasteiger partial charge on any atom is 0.341 e. The molecule has 0 unspecified atom stereocenters. The van der Waals surface area contributed by atoms with Crippen LogP contribution in [0.25, 0.3) is 5.57 Å². The van der Waals surface area contributed by atoms with Gasteiger partial charge in [-0.2, -0.15) is 0 Å². The third-order valence-corrected chi connectivity index (χ3v) is 4.23. The number of methoxy groups -OCH3 is 2. The first-order valence-electron chi connectivity index (χ1n) is 6.35. The Morgan fingerprint density at radius 3 is 2.64 bits per heavy atom. The van der Waals surface area contributed by atoms with Gasteiger partial charge >= 0.3 is 5.97 Å². The molecule has 0 spiro atoms. The van der Waals surface area contributed by atoms with Gasteiger partial charge in [-0.25, -0.2) is 9.78 Å². The lowest BCUT2D eigenvalue weighted by Gasteiger charge is -2.10. The Morgan fingerprint density at radius 1 is 1.23 bits per heavy atom. The van der Waals surface area contributed by atoms with Crippen molar-refractivity contribution in [2.45, 2.75) is 9.92 Å². The van der Waals surface area contributed by atoms with Crippen LogP contribution in [-0.4, -0.2) is 25.2 Å². The van der Waals surface area contributed by atoms with Crippen molar-refractivity contribution >= 4 is 39.2 Å². The SMILES string of the molecule is COC=C(C(=O)OC)c1ccccc1Sc1ccc(Br)cn1. The summed E-state index contributed by atoms with van der Waals surface area (Å²) >= 11 is 4.83. The number of rotatable bonds is 5. The van der Waals surface area contributed by atoms with Gasteiger partial charge in [0, 0.05) is 21.1 Å². The molecule has 0 aliphatic carbocycles. The lowest BCUT2D eigenvalue weighted by molar-refractivity contribution is -0.133. The van der Waals surface area contributed by atoms with Crippen LogP contribution in [0.5, 0.6) is 0 Å². The molecule has 114 valence electrons. The van der Waals surface area contributed by atoms with Crippen LogP contribution in [0.3, 0.4) is 0 Å². The maximum atomic E-state index is 12.0. The van der Waals surface area contributed by atoms with Crippen molar-refractivity contribution in [1.82, 2.24) is 4.98 Å². The van der Waals surface area contributed by atoms with Gasteiger partial charge in [0.2, 0.25) is 0 Å². The fourth-order valence-corrected chi connectivity index (χ4v) is 2.90. The van der Waals surface area contributed by atoms with E-state index in [-0.39, 0.29) is 0 Å².